The number of benzene rings is 2. The number of ether oxygens (including phenoxy) is 1. The first-order valence-electron chi connectivity index (χ1n) is 8.08. The molecule has 0 aromatic heterocycles. The average molecular weight is 378 g/mol. The molecule has 0 spiro atoms. The highest BCUT2D eigenvalue weighted by atomic mass is 32.2. The van der Waals surface area contributed by atoms with Crippen molar-refractivity contribution in [2.24, 2.45) is 0 Å². The molecule has 0 radical (unpaired) electrons. The summed E-state index contributed by atoms with van der Waals surface area (Å²) < 4.78 is 44.6. The Kier molecular flexibility index (Phi) is 5.24. The van der Waals surface area contributed by atoms with Crippen LogP contribution >= 0.6 is 0 Å². The van der Waals surface area contributed by atoms with Gasteiger partial charge in [0.1, 0.15) is 18.2 Å². The third-order valence-corrected chi connectivity index (χ3v) is 4.75. The van der Waals surface area contributed by atoms with Gasteiger partial charge in [0.2, 0.25) is 15.9 Å². The lowest BCUT2D eigenvalue weighted by molar-refractivity contribution is -0.119. The third-order valence-electron chi connectivity index (χ3n) is 4.04. The highest BCUT2D eigenvalue weighted by molar-refractivity contribution is 7.88. The summed E-state index contributed by atoms with van der Waals surface area (Å²) in [6.07, 6.45) is 0.936. The van der Waals surface area contributed by atoms with Crippen LogP contribution in [-0.4, -0.2) is 33.7 Å². The Labute approximate surface area is 151 Å². The van der Waals surface area contributed by atoms with Gasteiger partial charge in [0.05, 0.1) is 24.5 Å². The summed E-state index contributed by atoms with van der Waals surface area (Å²) in [5.41, 5.74) is 1.17. The molecule has 6 nitrogen and oxygen atoms in total. The molecular weight excluding hydrogens is 359 g/mol. The fourth-order valence-electron chi connectivity index (χ4n) is 2.89. The van der Waals surface area contributed by atoms with Crippen LogP contribution in [-0.2, 0) is 14.8 Å². The van der Waals surface area contributed by atoms with Gasteiger partial charge < -0.3 is 9.64 Å². The van der Waals surface area contributed by atoms with Crippen LogP contribution in [0.5, 0.6) is 5.75 Å². The first kappa shape index (κ1) is 18.3. The second-order valence-electron chi connectivity index (χ2n) is 6.06. The van der Waals surface area contributed by atoms with E-state index in [2.05, 4.69) is 4.72 Å². The van der Waals surface area contributed by atoms with Gasteiger partial charge in [-0.1, -0.05) is 24.3 Å². The van der Waals surface area contributed by atoms with Gasteiger partial charge in [0.15, 0.2) is 0 Å². The lowest BCUT2D eigenvalue weighted by Gasteiger charge is -2.30. The molecule has 0 saturated heterocycles. The number of sulfonamides is 1. The number of amides is 1. The van der Waals surface area contributed by atoms with Crippen molar-refractivity contribution in [2.75, 3.05) is 24.3 Å². The van der Waals surface area contributed by atoms with E-state index in [1.54, 1.807) is 23.1 Å². The maximum atomic E-state index is 13.2. The molecule has 1 aliphatic rings. The average Bonchev–Trinajstić information content (AvgIpc) is 2.60. The lowest BCUT2D eigenvalue weighted by Crippen LogP contribution is -2.40. The highest BCUT2D eigenvalue weighted by Crippen LogP contribution is 2.32. The van der Waals surface area contributed by atoms with Gasteiger partial charge in [0, 0.05) is 6.42 Å². The molecule has 1 aliphatic heterocycles. The maximum Gasteiger partial charge on any atom is 0.229 e. The van der Waals surface area contributed by atoms with Gasteiger partial charge in [-0.3, -0.25) is 4.79 Å². The molecule has 1 N–H and O–H groups in total. The van der Waals surface area contributed by atoms with Gasteiger partial charge in [-0.2, -0.15) is 0 Å². The summed E-state index contributed by atoms with van der Waals surface area (Å²) in [4.78, 5) is 14.4. The molecule has 2 aromatic carbocycles. The van der Waals surface area contributed by atoms with Crippen LogP contribution in [0.25, 0.3) is 0 Å². The minimum Gasteiger partial charge on any atom is -0.490 e. The van der Waals surface area contributed by atoms with Gasteiger partial charge in [-0.05, 0) is 29.8 Å². The van der Waals surface area contributed by atoms with Crippen molar-refractivity contribution >= 4 is 21.6 Å². The van der Waals surface area contributed by atoms with Crippen LogP contribution < -0.4 is 14.4 Å². The Morgan fingerprint density at radius 1 is 1.23 bits per heavy atom. The van der Waals surface area contributed by atoms with E-state index in [1.807, 2.05) is 6.07 Å². The van der Waals surface area contributed by atoms with E-state index in [4.69, 9.17) is 4.74 Å². The van der Waals surface area contributed by atoms with E-state index >= 15 is 0 Å². The van der Waals surface area contributed by atoms with Crippen LogP contribution in [0.15, 0.2) is 48.5 Å². The van der Waals surface area contributed by atoms with Crippen molar-refractivity contribution in [3.05, 3.63) is 59.9 Å². The number of hydrogen-bond acceptors (Lipinski definition) is 4. The SMILES string of the molecule is CS(=O)(=O)N[C@@H](CC(=O)N1CCOc2ccccc21)c1ccc(F)cc1. The normalized spacial score (nSPS) is 15.1. The molecular formula is C18H19FN2O4S. The van der Waals surface area contributed by atoms with Crippen molar-refractivity contribution < 1.29 is 22.3 Å². The second-order valence-corrected chi connectivity index (χ2v) is 7.84. The molecule has 0 bridgehead atoms. The van der Waals surface area contributed by atoms with E-state index in [0.717, 1.165) is 6.26 Å². The molecule has 3 rings (SSSR count). The molecule has 1 atom stereocenters. The Bertz CT molecular complexity index is 900. The zero-order chi connectivity index (χ0) is 18.7. The number of para-hydroxylation sites is 2. The fourth-order valence-corrected chi connectivity index (χ4v) is 3.63. The summed E-state index contributed by atoms with van der Waals surface area (Å²) in [5.74, 6) is -0.0620. The van der Waals surface area contributed by atoms with Crippen molar-refractivity contribution in [1.29, 1.82) is 0 Å². The molecule has 0 saturated carbocycles. The number of nitrogens with one attached hydrogen (secondary N) is 1. The van der Waals surface area contributed by atoms with Crippen LogP contribution in [0.1, 0.15) is 18.0 Å². The van der Waals surface area contributed by atoms with E-state index in [9.17, 15) is 17.6 Å². The molecule has 138 valence electrons. The summed E-state index contributed by atoms with van der Waals surface area (Å²) in [6, 6.07) is 11.8. The molecule has 1 amide bonds. The Morgan fingerprint density at radius 2 is 1.92 bits per heavy atom. The molecule has 0 fully saturated rings. The smallest absolute Gasteiger partial charge is 0.229 e. The van der Waals surface area contributed by atoms with Crippen LogP contribution in [0, 0.1) is 5.82 Å². The molecule has 2 aromatic rings. The minimum absolute atomic E-state index is 0.0902. The number of carbonyl (C=O) groups excluding carboxylic acids is 1. The van der Waals surface area contributed by atoms with Crippen molar-refractivity contribution in [3.63, 3.8) is 0 Å². The second kappa shape index (κ2) is 7.43. The summed E-state index contributed by atoms with van der Waals surface area (Å²) in [7, 11) is -3.56. The number of hydrogen-bond donors (Lipinski definition) is 1. The highest BCUT2D eigenvalue weighted by Gasteiger charge is 2.27. The zero-order valence-corrected chi connectivity index (χ0v) is 15.0. The van der Waals surface area contributed by atoms with Crippen molar-refractivity contribution in [2.45, 2.75) is 12.5 Å². The van der Waals surface area contributed by atoms with Gasteiger partial charge >= 0.3 is 0 Å². The number of fused-ring (bicyclic) bond motifs is 1. The Balaban J connectivity index is 1.85. The molecule has 26 heavy (non-hydrogen) atoms. The minimum atomic E-state index is -3.56. The van der Waals surface area contributed by atoms with Gasteiger partial charge in [-0.25, -0.2) is 17.5 Å². The Morgan fingerprint density at radius 3 is 2.62 bits per heavy atom. The predicted octanol–water partition coefficient (Wildman–Crippen LogP) is 2.23. The summed E-state index contributed by atoms with van der Waals surface area (Å²) in [5, 5.41) is 0. The van der Waals surface area contributed by atoms with E-state index in [0.29, 0.717) is 30.2 Å². The monoisotopic (exact) mass is 378 g/mol. The first-order valence-corrected chi connectivity index (χ1v) is 9.97. The summed E-state index contributed by atoms with van der Waals surface area (Å²) in [6.45, 7) is 0.744. The van der Waals surface area contributed by atoms with Crippen molar-refractivity contribution in [1.82, 2.24) is 4.72 Å². The summed E-state index contributed by atoms with van der Waals surface area (Å²) >= 11 is 0. The lowest BCUT2D eigenvalue weighted by atomic mass is 10.0. The van der Waals surface area contributed by atoms with E-state index < -0.39 is 21.9 Å². The van der Waals surface area contributed by atoms with E-state index in [1.165, 1.54) is 24.3 Å². The van der Waals surface area contributed by atoms with Gasteiger partial charge in [-0.15, -0.1) is 0 Å². The van der Waals surface area contributed by atoms with Crippen molar-refractivity contribution in [3.8, 4) is 5.75 Å². The molecule has 0 aliphatic carbocycles. The molecule has 8 heteroatoms. The number of anilines is 1. The zero-order valence-electron chi connectivity index (χ0n) is 14.2. The largest absolute Gasteiger partial charge is 0.490 e. The quantitative estimate of drug-likeness (QED) is 0.866. The molecule has 1 heterocycles. The maximum absolute atomic E-state index is 13.2. The number of nitrogens with zero attached hydrogens (tertiary/aromatic N) is 1. The first-order chi connectivity index (χ1) is 12.3. The fraction of sp³-hybridized carbons (Fsp3) is 0.278. The number of carbonyl (C=O) groups is 1. The standard InChI is InChI=1S/C18H19FN2O4S/c1-26(23,24)20-15(13-6-8-14(19)9-7-13)12-18(22)21-10-11-25-17-5-3-2-4-16(17)21/h2-9,15,20H,10-12H2,1H3/t15-/m0/s1. The third kappa shape index (κ3) is 4.39. The van der Waals surface area contributed by atoms with E-state index in [-0.39, 0.29) is 12.3 Å². The van der Waals surface area contributed by atoms with Crippen LogP contribution in [0.4, 0.5) is 10.1 Å². The molecule has 0 unspecified atom stereocenters. The predicted molar refractivity (Wildman–Crippen MR) is 96.0 cm³/mol. The van der Waals surface area contributed by atoms with Gasteiger partial charge in [0.25, 0.3) is 0 Å². The number of rotatable bonds is 5. The number of halogens is 1. The van der Waals surface area contributed by atoms with Crippen LogP contribution in [0.2, 0.25) is 0 Å². The van der Waals surface area contributed by atoms with Crippen LogP contribution in [0.3, 0.4) is 0 Å². The topological polar surface area (TPSA) is 75.7 Å². The Hall–Kier alpha value is -2.45.